The molecule has 4 rings (SSSR count). The van der Waals surface area contributed by atoms with Crippen molar-refractivity contribution in [1.82, 2.24) is 5.32 Å². The first kappa shape index (κ1) is 20.2. The van der Waals surface area contributed by atoms with Gasteiger partial charge in [0.25, 0.3) is 0 Å². The van der Waals surface area contributed by atoms with Crippen LogP contribution in [0.3, 0.4) is 0 Å². The van der Waals surface area contributed by atoms with E-state index < -0.39 is 5.41 Å². The van der Waals surface area contributed by atoms with Gasteiger partial charge in [-0.05, 0) is 53.6 Å². The van der Waals surface area contributed by atoms with Crippen LogP contribution in [0.5, 0.6) is 0 Å². The molecule has 6 heteroatoms. The minimum Gasteiger partial charge on any atom is -0.355 e. The molecule has 3 atom stereocenters. The van der Waals surface area contributed by atoms with Gasteiger partial charge in [0.05, 0.1) is 5.41 Å². The van der Waals surface area contributed by atoms with Gasteiger partial charge in [0.1, 0.15) is 0 Å². The quantitative estimate of drug-likeness (QED) is 0.706. The summed E-state index contributed by atoms with van der Waals surface area (Å²) in [4.78, 5) is 26.4. The molecule has 2 unspecified atom stereocenters. The molecule has 2 aromatic rings. The van der Waals surface area contributed by atoms with Crippen LogP contribution in [0.25, 0.3) is 0 Å². The fraction of sp³-hybridized carbons (Fsp3) is 0.391. The summed E-state index contributed by atoms with van der Waals surface area (Å²) >= 11 is 12.5. The molecule has 0 aliphatic carbocycles. The van der Waals surface area contributed by atoms with E-state index in [1.54, 1.807) is 6.07 Å². The van der Waals surface area contributed by atoms with Crippen molar-refractivity contribution < 1.29 is 9.59 Å². The Morgan fingerprint density at radius 3 is 2.59 bits per heavy atom. The van der Waals surface area contributed by atoms with E-state index in [0.29, 0.717) is 28.9 Å². The van der Waals surface area contributed by atoms with E-state index in [-0.39, 0.29) is 23.7 Å². The Morgan fingerprint density at radius 2 is 1.86 bits per heavy atom. The first-order valence-electron chi connectivity index (χ1n) is 9.96. The first-order chi connectivity index (χ1) is 13.8. The lowest BCUT2D eigenvalue weighted by Crippen LogP contribution is -2.48. The summed E-state index contributed by atoms with van der Waals surface area (Å²) in [6.07, 6.45) is 1.07. The smallest absolute Gasteiger partial charge is 0.236 e. The standard InChI is InChI=1S/C23H24Cl2N2O2/c1-13(2)8-15-10-21(28)26-12-19(14-4-3-5-16(24)9-14)23(15)18-7-6-17(25)11-20(18)27-22(23)29/h3-7,9,11,13,15,19H,8,10,12H2,1-2H3,(H,26,28)(H,27,29)/t15-,19?,23?/m0/s1. The van der Waals surface area contributed by atoms with Crippen molar-refractivity contribution in [2.45, 2.75) is 38.0 Å². The second-order valence-electron chi connectivity index (χ2n) is 8.46. The van der Waals surface area contributed by atoms with E-state index in [9.17, 15) is 9.59 Å². The number of halogens is 2. The van der Waals surface area contributed by atoms with Gasteiger partial charge >= 0.3 is 0 Å². The number of carbonyl (C=O) groups is 2. The predicted octanol–water partition coefficient (Wildman–Crippen LogP) is 5.15. The zero-order valence-corrected chi connectivity index (χ0v) is 18.0. The van der Waals surface area contributed by atoms with Crippen LogP contribution in [0.4, 0.5) is 5.69 Å². The Hall–Kier alpha value is -2.04. The molecule has 2 N–H and O–H groups in total. The molecule has 1 spiro atoms. The topological polar surface area (TPSA) is 58.2 Å². The Labute approximate surface area is 181 Å². The summed E-state index contributed by atoms with van der Waals surface area (Å²) in [6, 6.07) is 13.2. The SMILES string of the molecule is CC(C)C[C@H]1CC(=O)NCC(c2cccc(Cl)c2)C12C(=O)Nc1cc(Cl)ccc12. The van der Waals surface area contributed by atoms with Crippen LogP contribution in [0.1, 0.15) is 43.7 Å². The molecular weight excluding hydrogens is 407 g/mol. The van der Waals surface area contributed by atoms with Crippen molar-refractivity contribution in [3.63, 3.8) is 0 Å². The number of rotatable bonds is 3. The molecule has 2 aliphatic rings. The van der Waals surface area contributed by atoms with Crippen molar-refractivity contribution >= 4 is 40.7 Å². The highest BCUT2D eigenvalue weighted by atomic mass is 35.5. The van der Waals surface area contributed by atoms with Crippen molar-refractivity contribution in [3.8, 4) is 0 Å². The van der Waals surface area contributed by atoms with Gasteiger partial charge in [-0.1, -0.05) is 55.2 Å². The maximum atomic E-state index is 13.7. The number of hydrogen-bond acceptors (Lipinski definition) is 2. The van der Waals surface area contributed by atoms with Gasteiger partial charge in [-0.15, -0.1) is 0 Å². The van der Waals surface area contributed by atoms with Gasteiger partial charge < -0.3 is 10.6 Å². The molecule has 1 saturated heterocycles. The molecule has 2 heterocycles. The van der Waals surface area contributed by atoms with Crippen LogP contribution in [0, 0.1) is 11.8 Å². The van der Waals surface area contributed by atoms with Gasteiger partial charge in [-0.25, -0.2) is 0 Å². The van der Waals surface area contributed by atoms with Crippen LogP contribution in [0.15, 0.2) is 42.5 Å². The van der Waals surface area contributed by atoms with E-state index in [1.807, 2.05) is 36.4 Å². The van der Waals surface area contributed by atoms with Crippen LogP contribution in [-0.2, 0) is 15.0 Å². The minimum absolute atomic E-state index is 0.0187. The molecule has 152 valence electrons. The van der Waals surface area contributed by atoms with Crippen LogP contribution < -0.4 is 10.6 Å². The van der Waals surface area contributed by atoms with Crippen molar-refractivity contribution in [1.29, 1.82) is 0 Å². The molecule has 0 saturated carbocycles. The van der Waals surface area contributed by atoms with Crippen LogP contribution >= 0.6 is 23.2 Å². The molecule has 2 aromatic carbocycles. The lowest BCUT2D eigenvalue weighted by molar-refractivity contribution is -0.125. The van der Waals surface area contributed by atoms with E-state index in [1.165, 1.54) is 0 Å². The normalized spacial score (nSPS) is 26.2. The van der Waals surface area contributed by atoms with E-state index >= 15 is 0 Å². The summed E-state index contributed by atoms with van der Waals surface area (Å²) in [5, 5.41) is 7.29. The highest BCUT2D eigenvalue weighted by molar-refractivity contribution is 6.31. The van der Waals surface area contributed by atoms with E-state index in [0.717, 1.165) is 23.2 Å². The highest BCUT2D eigenvalue weighted by Gasteiger charge is 2.58. The number of anilines is 1. The van der Waals surface area contributed by atoms with Crippen LogP contribution in [0.2, 0.25) is 10.0 Å². The second-order valence-corrected chi connectivity index (χ2v) is 9.33. The third kappa shape index (κ3) is 3.43. The van der Waals surface area contributed by atoms with Crippen molar-refractivity contribution in [2.24, 2.45) is 11.8 Å². The summed E-state index contributed by atoms with van der Waals surface area (Å²) in [7, 11) is 0. The zero-order chi connectivity index (χ0) is 20.8. The molecule has 29 heavy (non-hydrogen) atoms. The summed E-state index contributed by atoms with van der Waals surface area (Å²) in [6.45, 7) is 4.63. The summed E-state index contributed by atoms with van der Waals surface area (Å²) in [5.74, 6) is -0.126. The van der Waals surface area contributed by atoms with E-state index in [2.05, 4.69) is 24.5 Å². The van der Waals surface area contributed by atoms with Gasteiger partial charge in [-0.2, -0.15) is 0 Å². The fourth-order valence-electron chi connectivity index (χ4n) is 5.14. The van der Waals surface area contributed by atoms with Gasteiger partial charge in [0, 0.05) is 34.6 Å². The average molecular weight is 431 g/mol. The molecule has 1 fully saturated rings. The average Bonchev–Trinajstić information content (AvgIpc) is 2.83. The Bertz CT molecular complexity index is 975. The number of fused-ring (bicyclic) bond motifs is 2. The fourth-order valence-corrected chi connectivity index (χ4v) is 5.51. The largest absolute Gasteiger partial charge is 0.355 e. The molecule has 0 radical (unpaired) electrons. The number of amides is 2. The molecule has 2 amide bonds. The Balaban J connectivity index is 1.99. The molecule has 0 bridgehead atoms. The highest BCUT2D eigenvalue weighted by Crippen LogP contribution is 2.55. The number of carbonyl (C=O) groups excluding carboxylic acids is 2. The lowest BCUT2D eigenvalue weighted by Gasteiger charge is -2.41. The Kier molecular flexibility index (Phi) is 5.34. The Morgan fingerprint density at radius 1 is 1.10 bits per heavy atom. The van der Waals surface area contributed by atoms with Crippen LogP contribution in [-0.4, -0.2) is 18.4 Å². The third-order valence-corrected chi connectivity index (χ3v) is 6.66. The zero-order valence-electron chi connectivity index (χ0n) is 16.5. The molecule has 4 nitrogen and oxygen atoms in total. The molecular formula is C23H24Cl2N2O2. The predicted molar refractivity (Wildman–Crippen MR) is 117 cm³/mol. The van der Waals surface area contributed by atoms with Gasteiger partial charge in [0.15, 0.2) is 0 Å². The maximum Gasteiger partial charge on any atom is 0.236 e. The number of hydrogen-bond donors (Lipinski definition) is 2. The second kappa shape index (κ2) is 7.66. The molecule has 2 aliphatic heterocycles. The maximum absolute atomic E-state index is 13.7. The van der Waals surface area contributed by atoms with Gasteiger partial charge in [0.2, 0.25) is 11.8 Å². The summed E-state index contributed by atoms with van der Waals surface area (Å²) < 4.78 is 0. The summed E-state index contributed by atoms with van der Waals surface area (Å²) in [5.41, 5.74) is 1.73. The number of nitrogens with one attached hydrogen (secondary N) is 2. The van der Waals surface area contributed by atoms with E-state index in [4.69, 9.17) is 23.2 Å². The monoisotopic (exact) mass is 430 g/mol. The lowest BCUT2D eigenvalue weighted by atomic mass is 9.59. The number of benzene rings is 2. The van der Waals surface area contributed by atoms with Crippen molar-refractivity contribution in [2.75, 3.05) is 11.9 Å². The van der Waals surface area contributed by atoms with Crippen molar-refractivity contribution in [3.05, 3.63) is 63.6 Å². The molecule has 0 aromatic heterocycles. The first-order valence-corrected chi connectivity index (χ1v) is 10.7. The van der Waals surface area contributed by atoms with Gasteiger partial charge in [-0.3, -0.25) is 9.59 Å². The third-order valence-electron chi connectivity index (χ3n) is 6.19. The minimum atomic E-state index is -0.867.